The van der Waals surface area contributed by atoms with E-state index in [1.54, 1.807) is 14.2 Å². The molecule has 1 aromatic rings. The molecule has 1 heterocycles. The minimum atomic E-state index is 0.222. The number of methoxy groups -OCH3 is 2. The highest BCUT2D eigenvalue weighted by atomic mass is 16.5. The zero-order valence-corrected chi connectivity index (χ0v) is 13.8. The second kappa shape index (κ2) is 9.52. The van der Waals surface area contributed by atoms with E-state index in [0.717, 1.165) is 37.0 Å². The van der Waals surface area contributed by atoms with Crippen LogP contribution in [-0.2, 0) is 15.9 Å². The van der Waals surface area contributed by atoms with Crippen molar-refractivity contribution in [3.63, 3.8) is 0 Å². The minimum absolute atomic E-state index is 0.222. The zero-order valence-electron chi connectivity index (χ0n) is 13.8. The van der Waals surface area contributed by atoms with Gasteiger partial charge >= 0.3 is 0 Å². The van der Waals surface area contributed by atoms with Crippen molar-refractivity contribution in [3.8, 4) is 0 Å². The van der Waals surface area contributed by atoms with Gasteiger partial charge in [0.15, 0.2) is 0 Å². The molecular weight excluding hydrogens is 268 g/mol. The lowest BCUT2D eigenvalue weighted by Gasteiger charge is -2.30. The van der Waals surface area contributed by atoms with E-state index in [4.69, 9.17) is 9.47 Å². The monoisotopic (exact) mass is 296 g/mol. The number of nitrogens with one attached hydrogen (secondary N) is 1. The van der Waals surface area contributed by atoms with Crippen molar-refractivity contribution in [3.05, 3.63) is 11.9 Å². The van der Waals surface area contributed by atoms with E-state index in [1.807, 2.05) is 6.07 Å². The van der Waals surface area contributed by atoms with Crippen molar-refractivity contribution in [2.24, 2.45) is 0 Å². The van der Waals surface area contributed by atoms with Crippen LogP contribution in [-0.4, -0.2) is 56.5 Å². The zero-order chi connectivity index (χ0) is 15.7. The van der Waals surface area contributed by atoms with Gasteiger partial charge in [-0.25, -0.2) is 9.97 Å². The van der Waals surface area contributed by atoms with Crippen LogP contribution < -0.4 is 10.2 Å². The lowest BCUT2D eigenvalue weighted by Crippen LogP contribution is -2.39. The van der Waals surface area contributed by atoms with Gasteiger partial charge < -0.3 is 19.7 Å². The Morgan fingerprint density at radius 3 is 2.57 bits per heavy atom. The molecule has 1 unspecified atom stereocenters. The van der Waals surface area contributed by atoms with E-state index in [9.17, 15) is 0 Å². The number of aromatic nitrogens is 2. The summed E-state index contributed by atoms with van der Waals surface area (Å²) in [5, 5.41) is 3.26. The molecule has 0 saturated carbocycles. The molecule has 0 radical (unpaired) electrons. The van der Waals surface area contributed by atoms with Crippen LogP contribution in [0.1, 0.15) is 26.6 Å². The molecular formula is C15H28N4O2. The molecule has 6 nitrogen and oxygen atoms in total. The maximum Gasteiger partial charge on any atom is 0.134 e. The first kappa shape index (κ1) is 17.7. The summed E-state index contributed by atoms with van der Waals surface area (Å²) in [6.07, 6.45) is 0.809. The molecule has 1 rings (SSSR count). The van der Waals surface area contributed by atoms with Crippen LogP contribution in [0.15, 0.2) is 6.07 Å². The van der Waals surface area contributed by atoms with Crippen LogP contribution in [0.3, 0.4) is 0 Å². The molecule has 120 valence electrons. The molecule has 1 aromatic heterocycles. The summed E-state index contributed by atoms with van der Waals surface area (Å²) in [5.41, 5.74) is 0. The van der Waals surface area contributed by atoms with Gasteiger partial charge in [-0.2, -0.15) is 0 Å². The van der Waals surface area contributed by atoms with Crippen LogP contribution in [0.4, 0.5) is 11.6 Å². The number of aryl methyl sites for hydroxylation is 1. The first-order valence-corrected chi connectivity index (χ1v) is 7.52. The Morgan fingerprint density at radius 1 is 1.24 bits per heavy atom. The van der Waals surface area contributed by atoms with Crippen molar-refractivity contribution < 1.29 is 9.47 Å². The standard InChI is InChI=1S/C15H28N4O2/c1-6-13-17-14(16-7-2)10-15(18-13)19(8-9-20-4)12(3)11-21-5/h10,12H,6-9,11H2,1-5H3,(H,16,17,18). The Bertz CT molecular complexity index is 415. The SMILES string of the molecule is CCNc1cc(N(CCOC)C(C)COC)nc(CC)n1. The highest BCUT2D eigenvalue weighted by Crippen LogP contribution is 2.19. The van der Waals surface area contributed by atoms with Gasteiger partial charge in [-0.15, -0.1) is 0 Å². The summed E-state index contributed by atoms with van der Waals surface area (Å²) in [6.45, 7) is 9.15. The second-order valence-electron chi connectivity index (χ2n) is 4.90. The molecule has 0 spiro atoms. The topological polar surface area (TPSA) is 59.5 Å². The van der Waals surface area contributed by atoms with Gasteiger partial charge in [0, 0.05) is 39.8 Å². The number of anilines is 2. The first-order valence-electron chi connectivity index (χ1n) is 7.52. The van der Waals surface area contributed by atoms with Crippen molar-refractivity contribution in [1.29, 1.82) is 0 Å². The highest BCUT2D eigenvalue weighted by Gasteiger charge is 2.17. The number of hydrogen-bond acceptors (Lipinski definition) is 6. The highest BCUT2D eigenvalue weighted by molar-refractivity contribution is 5.50. The minimum Gasteiger partial charge on any atom is -0.383 e. The summed E-state index contributed by atoms with van der Waals surface area (Å²) >= 11 is 0. The fourth-order valence-corrected chi connectivity index (χ4v) is 2.14. The average Bonchev–Trinajstić information content (AvgIpc) is 2.48. The van der Waals surface area contributed by atoms with Gasteiger partial charge in [-0.05, 0) is 13.8 Å². The summed E-state index contributed by atoms with van der Waals surface area (Å²) < 4.78 is 10.5. The average molecular weight is 296 g/mol. The lowest BCUT2D eigenvalue weighted by atomic mass is 10.2. The fourth-order valence-electron chi connectivity index (χ4n) is 2.14. The molecule has 6 heteroatoms. The van der Waals surface area contributed by atoms with Gasteiger partial charge in [0.2, 0.25) is 0 Å². The number of hydrogen-bond donors (Lipinski definition) is 1. The van der Waals surface area contributed by atoms with Crippen LogP contribution in [0.25, 0.3) is 0 Å². The molecule has 0 aliphatic carbocycles. The van der Waals surface area contributed by atoms with Crippen molar-refractivity contribution in [1.82, 2.24) is 9.97 Å². The third-order valence-electron chi connectivity index (χ3n) is 3.20. The fraction of sp³-hybridized carbons (Fsp3) is 0.733. The van der Waals surface area contributed by atoms with Crippen LogP contribution in [0.2, 0.25) is 0 Å². The predicted molar refractivity (Wildman–Crippen MR) is 86.1 cm³/mol. The van der Waals surface area contributed by atoms with Gasteiger partial charge in [0.05, 0.1) is 19.3 Å². The van der Waals surface area contributed by atoms with E-state index in [-0.39, 0.29) is 6.04 Å². The summed E-state index contributed by atoms with van der Waals surface area (Å²) in [7, 11) is 3.42. The quantitative estimate of drug-likeness (QED) is 0.712. The predicted octanol–water partition coefficient (Wildman–Crippen LogP) is 1.96. The Morgan fingerprint density at radius 2 is 2.00 bits per heavy atom. The molecule has 0 aromatic carbocycles. The van der Waals surface area contributed by atoms with E-state index in [2.05, 4.69) is 41.0 Å². The Balaban J connectivity index is 3.05. The van der Waals surface area contributed by atoms with Gasteiger partial charge in [0.1, 0.15) is 17.5 Å². The molecule has 1 atom stereocenters. The van der Waals surface area contributed by atoms with Crippen LogP contribution >= 0.6 is 0 Å². The number of rotatable bonds is 10. The first-order chi connectivity index (χ1) is 10.2. The number of nitrogens with zero attached hydrogens (tertiary/aromatic N) is 3. The van der Waals surface area contributed by atoms with Crippen molar-refractivity contribution in [2.45, 2.75) is 33.2 Å². The van der Waals surface area contributed by atoms with Gasteiger partial charge in [-0.1, -0.05) is 6.92 Å². The molecule has 1 N–H and O–H groups in total. The molecule has 0 bridgehead atoms. The Labute approximate surface area is 127 Å². The summed E-state index contributed by atoms with van der Waals surface area (Å²) in [6, 6.07) is 2.21. The third kappa shape index (κ3) is 5.47. The van der Waals surface area contributed by atoms with Crippen molar-refractivity contribution in [2.75, 3.05) is 50.7 Å². The van der Waals surface area contributed by atoms with E-state index in [0.29, 0.717) is 13.2 Å². The maximum absolute atomic E-state index is 5.28. The molecule has 0 amide bonds. The lowest BCUT2D eigenvalue weighted by molar-refractivity contribution is 0.170. The normalized spacial score (nSPS) is 12.2. The Hall–Kier alpha value is -1.40. The second-order valence-corrected chi connectivity index (χ2v) is 4.90. The number of ether oxygens (including phenoxy) is 2. The van der Waals surface area contributed by atoms with Gasteiger partial charge in [0.25, 0.3) is 0 Å². The van der Waals surface area contributed by atoms with E-state index in [1.165, 1.54) is 0 Å². The molecule has 0 fully saturated rings. The molecule has 0 saturated heterocycles. The van der Waals surface area contributed by atoms with E-state index < -0.39 is 0 Å². The van der Waals surface area contributed by atoms with Crippen LogP contribution in [0.5, 0.6) is 0 Å². The van der Waals surface area contributed by atoms with Crippen molar-refractivity contribution >= 4 is 11.6 Å². The van der Waals surface area contributed by atoms with Crippen LogP contribution in [0, 0.1) is 0 Å². The molecule has 21 heavy (non-hydrogen) atoms. The Kier molecular flexibility index (Phi) is 8.00. The molecule has 0 aliphatic heterocycles. The third-order valence-corrected chi connectivity index (χ3v) is 3.20. The smallest absolute Gasteiger partial charge is 0.134 e. The molecule has 0 aliphatic rings. The summed E-state index contributed by atoms with van der Waals surface area (Å²) in [4.78, 5) is 11.4. The van der Waals surface area contributed by atoms with E-state index >= 15 is 0 Å². The maximum atomic E-state index is 5.28. The largest absolute Gasteiger partial charge is 0.383 e. The summed E-state index contributed by atoms with van der Waals surface area (Å²) in [5.74, 6) is 2.63. The van der Waals surface area contributed by atoms with Gasteiger partial charge in [-0.3, -0.25) is 0 Å².